The van der Waals surface area contributed by atoms with Crippen molar-refractivity contribution in [3.05, 3.63) is 58.3 Å². The van der Waals surface area contributed by atoms with E-state index in [4.69, 9.17) is 23.2 Å². The van der Waals surface area contributed by atoms with Crippen molar-refractivity contribution in [1.82, 2.24) is 10.4 Å². The number of halogens is 2. The second-order valence-electron chi connectivity index (χ2n) is 4.06. The third-order valence-corrected chi connectivity index (χ3v) is 3.03. The average Bonchev–Trinajstić information content (AvgIpc) is 2.52. The predicted octanol–water partition coefficient (Wildman–Crippen LogP) is 2.48. The van der Waals surface area contributed by atoms with E-state index >= 15 is 0 Å². The molecule has 2 rings (SSSR count). The van der Waals surface area contributed by atoms with Crippen molar-refractivity contribution in [3.63, 3.8) is 0 Å². The molecule has 0 aliphatic carbocycles. The number of rotatable bonds is 3. The number of hydrogen-bond donors (Lipinski definition) is 2. The van der Waals surface area contributed by atoms with Crippen LogP contribution < -0.4 is 10.7 Å². The molecule has 8 heteroatoms. The Labute approximate surface area is 136 Å². The molecule has 0 aliphatic heterocycles. The van der Waals surface area contributed by atoms with Crippen molar-refractivity contribution < 1.29 is 9.59 Å². The summed E-state index contributed by atoms with van der Waals surface area (Å²) in [6, 6.07) is 7.91. The van der Waals surface area contributed by atoms with Gasteiger partial charge in [0.2, 0.25) is 0 Å². The molecule has 0 aliphatic rings. The summed E-state index contributed by atoms with van der Waals surface area (Å²) in [5.41, 5.74) is 3.08. The fourth-order valence-electron chi connectivity index (χ4n) is 1.44. The highest BCUT2D eigenvalue weighted by Crippen LogP contribution is 2.25. The molecule has 1 heterocycles. The normalized spacial score (nSPS) is 10.5. The molecule has 1 aromatic carbocycles. The summed E-state index contributed by atoms with van der Waals surface area (Å²) in [5.74, 6) is -1.84. The van der Waals surface area contributed by atoms with Crippen LogP contribution in [0, 0.1) is 0 Å². The van der Waals surface area contributed by atoms with Gasteiger partial charge in [-0.1, -0.05) is 23.2 Å². The Morgan fingerprint density at radius 2 is 1.82 bits per heavy atom. The van der Waals surface area contributed by atoms with Crippen molar-refractivity contribution in [2.24, 2.45) is 5.10 Å². The second kappa shape index (κ2) is 7.53. The fraction of sp³-hybridized carbons (Fsp3) is 0. The summed E-state index contributed by atoms with van der Waals surface area (Å²) in [5, 5.41) is 6.67. The van der Waals surface area contributed by atoms with Crippen LogP contribution in [-0.2, 0) is 9.59 Å². The molecule has 0 spiro atoms. The van der Waals surface area contributed by atoms with Crippen LogP contribution in [0.15, 0.2) is 47.8 Å². The number of hydrazone groups is 1. The Bertz CT molecular complexity index is 720. The Hall–Kier alpha value is -2.44. The molecule has 0 saturated carbocycles. The van der Waals surface area contributed by atoms with Crippen molar-refractivity contribution in [2.75, 3.05) is 5.32 Å². The summed E-state index contributed by atoms with van der Waals surface area (Å²) < 4.78 is 0. The molecular formula is C14H10Cl2N4O2. The first kappa shape index (κ1) is 15.9. The van der Waals surface area contributed by atoms with Crippen LogP contribution in [0.3, 0.4) is 0 Å². The quantitative estimate of drug-likeness (QED) is 0.513. The molecule has 112 valence electrons. The lowest BCUT2D eigenvalue weighted by Crippen LogP contribution is -2.32. The van der Waals surface area contributed by atoms with Gasteiger partial charge in [-0.3, -0.25) is 14.6 Å². The van der Waals surface area contributed by atoms with E-state index in [0.29, 0.717) is 5.02 Å². The Morgan fingerprint density at radius 1 is 1.09 bits per heavy atom. The summed E-state index contributed by atoms with van der Waals surface area (Å²) >= 11 is 11.7. The molecule has 2 amide bonds. The number of anilines is 1. The third-order valence-electron chi connectivity index (χ3n) is 2.47. The van der Waals surface area contributed by atoms with Crippen molar-refractivity contribution >= 4 is 46.9 Å². The smallest absolute Gasteiger partial charge is 0.316 e. The first-order chi connectivity index (χ1) is 10.6. The van der Waals surface area contributed by atoms with Crippen LogP contribution in [0.5, 0.6) is 0 Å². The number of pyridine rings is 1. The Morgan fingerprint density at radius 3 is 2.55 bits per heavy atom. The van der Waals surface area contributed by atoms with Crippen molar-refractivity contribution in [2.45, 2.75) is 0 Å². The molecule has 22 heavy (non-hydrogen) atoms. The van der Waals surface area contributed by atoms with Crippen LogP contribution in [-0.4, -0.2) is 23.0 Å². The molecule has 2 N–H and O–H groups in total. The van der Waals surface area contributed by atoms with Crippen LogP contribution >= 0.6 is 23.2 Å². The van der Waals surface area contributed by atoms with Crippen LogP contribution in [0.25, 0.3) is 0 Å². The van der Waals surface area contributed by atoms with E-state index in [-0.39, 0.29) is 10.7 Å². The van der Waals surface area contributed by atoms with Gasteiger partial charge in [0.1, 0.15) is 0 Å². The average molecular weight is 337 g/mol. The maximum Gasteiger partial charge on any atom is 0.329 e. The standard InChI is InChI=1S/C14H10Cl2N4O2/c15-10-1-2-11(16)12(7-10)19-13(21)14(22)20-18-8-9-3-5-17-6-4-9/h1-8H,(H,19,21)(H,20,22)/b18-8+. The number of carbonyl (C=O) groups is 2. The van der Waals surface area contributed by atoms with Crippen LogP contribution in [0.1, 0.15) is 5.56 Å². The molecule has 2 aromatic rings. The Balaban J connectivity index is 1.94. The molecule has 6 nitrogen and oxygen atoms in total. The van der Waals surface area contributed by atoms with Gasteiger partial charge in [-0.15, -0.1) is 0 Å². The molecule has 0 atom stereocenters. The lowest BCUT2D eigenvalue weighted by atomic mass is 10.3. The maximum absolute atomic E-state index is 11.7. The van der Waals surface area contributed by atoms with E-state index in [1.54, 1.807) is 30.6 Å². The number of nitrogens with one attached hydrogen (secondary N) is 2. The van der Waals surface area contributed by atoms with E-state index in [9.17, 15) is 9.59 Å². The van der Waals surface area contributed by atoms with E-state index in [1.807, 2.05) is 0 Å². The molecule has 0 radical (unpaired) electrons. The minimum Gasteiger partial charge on any atom is -0.316 e. The van der Waals surface area contributed by atoms with Gasteiger partial charge in [-0.05, 0) is 35.9 Å². The van der Waals surface area contributed by atoms with Gasteiger partial charge in [0.25, 0.3) is 0 Å². The number of nitrogens with zero attached hydrogens (tertiary/aromatic N) is 2. The molecule has 0 bridgehead atoms. The SMILES string of the molecule is O=C(N/N=C/c1ccncc1)C(=O)Nc1cc(Cl)ccc1Cl. The fourth-order valence-corrected chi connectivity index (χ4v) is 1.77. The van der Waals surface area contributed by atoms with Gasteiger partial charge >= 0.3 is 11.8 Å². The van der Waals surface area contributed by atoms with E-state index in [2.05, 4.69) is 20.8 Å². The monoisotopic (exact) mass is 336 g/mol. The summed E-state index contributed by atoms with van der Waals surface area (Å²) in [6.07, 6.45) is 4.55. The first-order valence-corrected chi connectivity index (χ1v) is 6.81. The van der Waals surface area contributed by atoms with E-state index in [0.717, 1.165) is 5.56 Å². The van der Waals surface area contributed by atoms with Gasteiger partial charge < -0.3 is 5.32 Å². The molecule has 0 unspecified atom stereocenters. The largest absolute Gasteiger partial charge is 0.329 e. The van der Waals surface area contributed by atoms with Gasteiger partial charge in [0, 0.05) is 17.4 Å². The predicted molar refractivity (Wildman–Crippen MR) is 85.1 cm³/mol. The van der Waals surface area contributed by atoms with Crippen molar-refractivity contribution in [1.29, 1.82) is 0 Å². The van der Waals surface area contributed by atoms with Gasteiger partial charge in [0.05, 0.1) is 16.9 Å². The topological polar surface area (TPSA) is 83.5 Å². The van der Waals surface area contributed by atoms with E-state index < -0.39 is 11.8 Å². The minimum atomic E-state index is -0.929. The van der Waals surface area contributed by atoms with Crippen LogP contribution in [0.4, 0.5) is 5.69 Å². The van der Waals surface area contributed by atoms with Gasteiger partial charge in [-0.2, -0.15) is 5.10 Å². The number of amides is 2. The maximum atomic E-state index is 11.7. The highest BCUT2D eigenvalue weighted by atomic mass is 35.5. The van der Waals surface area contributed by atoms with Gasteiger partial charge in [0.15, 0.2) is 0 Å². The number of benzene rings is 1. The molecular weight excluding hydrogens is 327 g/mol. The Kier molecular flexibility index (Phi) is 5.46. The zero-order valence-electron chi connectivity index (χ0n) is 11.1. The lowest BCUT2D eigenvalue weighted by Gasteiger charge is -2.06. The van der Waals surface area contributed by atoms with Crippen molar-refractivity contribution in [3.8, 4) is 0 Å². The zero-order valence-corrected chi connectivity index (χ0v) is 12.6. The third kappa shape index (κ3) is 4.54. The molecule has 0 fully saturated rings. The summed E-state index contributed by atoms with van der Waals surface area (Å²) in [4.78, 5) is 27.2. The number of aromatic nitrogens is 1. The number of carbonyl (C=O) groups excluding carboxylic acids is 2. The zero-order chi connectivity index (χ0) is 15.9. The minimum absolute atomic E-state index is 0.243. The number of hydrogen-bond acceptors (Lipinski definition) is 4. The van der Waals surface area contributed by atoms with E-state index in [1.165, 1.54) is 18.3 Å². The molecule has 1 aromatic heterocycles. The molecule has 0 saturated heterocycles. The summed E-state index contributed by atoms with van der Waals surface area (Å²) in [7, 11) is 0. The highest BCUT2D eigenvalue weighted by molar-refractivity contribution is 6.42. The second-order valence-corrected chi connectivity index (χ2v) is 4.90. The van der Waals surface area contributed by atoms with Gasteiger partial charge in [-0.25, -0.2) is 5.43 Å². The van der Waals surface area contributed by atoms with Crippen LogP contribution in [0.2, 0.25) is 10.0 Å². The first-order valence-electron chi connectivity index (χ1n) is 6.06. The highest BCUT2D eigenvalue weighted by Gasteiger charge is 2.14. The lowest BCUT2D eigenvalue weighted by molar-refractivity contribution is -0.136. The summed E-state index contributed by atoms with van der Waals surface area (Å²) in [6.45, 7) is 0.